The van der Waals surface area contributed by atoms with Crippen LogP contribution in [0.3, 0.4) is 0 Å². The van der Waals surface area contributed by atoms with E-state index in [2.05, 4.69) is 15.6 Å². The highest BCUT2D eigenvalue weighted by atomic mass is 35.5. The Kier molecular flexibility index (Phi) is 7.36. The molecule has 6 nitrogen and oxygen atoms in total. The topological polar surface area (TPSA) is 79.8 Å². The first kappa shape index (κ1) is 19.1. The first-order chi connectivity index (χ1) is 11.5. The van der Waals surface area contributed by atoms with Crippen molar-refractivity contribution in [3.05, 3.63) is 28.2 Å². The molecule has 0 aromatic heterocycles. The van der Waals surface area contributed by atoms with Crippen molar-refractivity contribution in [3.8, 4) is 0 Å². The number of anilines is 1. The van der Waals surface area contributed by atoms with Gasteiger partial charge in [-0.25, -0.2) is 0 Å². The van der Waals surface area contributed by atoms with E-state index in [0.29, 0.717) is 34.1 Å². The summed E-state index contributed by atoms with van der Waals surface area (Å²) in [7, 11) is 1.63. The van der Waals surface area contributed by atoms with Crippen LogP contribution in [0, 0.1) is 0 Å². The molecule has 9 heteroatoms. The Morgan fingerprint density at radius 3 is 3.00 bits per heavy atom. The van der Waals surface area contributed by atoms with Gasteiger partial charge < -0.3 is 15.4 Å². The molecule has 1 aromatic carbocycles. The second-order valence-corrected chi connectivity index (χ2v) is 7.04. The van der Waals surface area contributed by atoms with Gasteiger partial charge in [-0.15, -0.1) is 0 Å². The van der Waals surface area contributed by atoms with Crippen LogP contribution in [0.25, 0.3) is 0 Å². The number of nitrogens with zero attached hydrogens (tertiary/aromatic N) is 1. The summed E-state index contributed by atoms with van der Waals surface area (Å²) in [4.78, 5) is 28.3. The monoisotopic (exact) mass is 389 g/mol. The minimum atomic E-state index is -0.510. The van der Waals surface area contributed by atoms with Gasteiger partial charge in [-0.05, 0) is 24.6 Å². The SMILES string of the molecule is COCCCN=C1NC(=O)C(CC(=O)Nc2cc(Cl)ccc2Cl)S1. The number of carbonyl (C=O) groups excluding carboxylic acids is 2. The maximum atomic E-state index is 12.1. The molecule has 1 saturated heterocycles. The van der Waals surface area contributed by atoms with Crippen LogP contribution in [-0.4, -0.2) is 42.5 Å². The molecule has 1 atom stereocenters. The Hall–Kier alpha value is -1.28. The first-order valence-electron chi connectivity index (χ1n) is 7.25. The van der Waals surface area contributed by atoms with Crippen molar-refractivity contribution < 1.29 is 14.3 Å². The van der Waals surface area contributed by atoms with Gasteiger partial charge in [-0.1, -0.05) is 35.0 Å². The lowest BCUT2D eigenvalue weighted by Gasteiger charge is -2.09. The van der Waals surface area contributed by atoms with E-state index in [-0.39, 0.29) is 18.2 Å². The zero-order valence-electron chi connectivity index (χ0n) is 13.0. The summed E-state index contributed by atoms with van der Waals surface area (Å²) >= 11 is 13.1. The van der Waals surface area contributed by atoms with Crippen LogP contribution in [0.15, 0.2) is 23.2 Å². The van der Waals surface area contributed by atoms with Gasteiger partial charge in [0.1, 0.15) is 5.25 Å². The van der Waals surface area contributed by atoms with E-state index in [1.807, 2.05) is 0 Å². The summed E-state index contributed by atoms with van der Waals surface area (Å²) in [5.41, 5.74) is 0.422. The van der Waals surface area contributed by atoms with E-state index in [1.165, 1.54) is 11.8 Å². The van der Waals surface area contributed by atoms with Gasteiger partial charge in [-0.3, -0.25) is 14.6 Å². The summed E-state index contributed by atoms with van der Waals surface area (Å²) in [6.07, 6.45) is 0.797. The van der Waals surface area contributed by atoms with Gasteiger partial charge in [-0.2, -0.15) is 0 Å². The number of methoxy groups -OCH3 is 1. The minimum Gasteiger partial charge on any atom is -0.385 e. The average molecular weight is 390 g/mol. The van der Waals surface area contributed by atoms with Crippen molar-refractivity contribution in [1.29, 1.82) is 0 Å². The van der Waals surface area contributed by atoms with Crippen LogP contribution >= 0.6 is 35.0 Å². The van der Waals surface area contributed by atoms with E-state index in [4.69, 9.17) is 27.9 Å². The first-order valence-corrected chi connectivity index (χ1v) is 8.89. The third kappa shape index (κ3) is 5.66. The van der Waals surface area contributed by atoms with Crippen LogP contribution in [-0.2, 0) is 14.3 Å². The van der Waals surface area contributed by atoms with Gasteiger partial charge in [0.2, 0.25) is 11.8 Å². The Bertz CT molecular complexity index is 655. The molecule has 130 valence electrons. The molecular formula is C15H17Cl2N3O3S. The number of hydrogen-bond donors (Lipinski definition) is 2. The lowest BCUT2D eigenvalue weighted by molar-refractivity contribution is -0.122. The molecular weight excluding hydrogens is 373 g/mol. The van der Waals surface area contributed by atoms with Crippen molar-refractivity contribution in [1.82, 2.24) is 5.32 Å². The number of ether oxygens (including phenoxy) is 1. The quantitative estimate of drug-likeness (QED) is 0.702. The molecule has 1 aromatic rings. The molecule has 1 aliphatic heterocycles. The maximum absolute atomic E-state index is 12.1. The van der Waals surface area contributed by atoms with Gasteiger partial charge in [0.05, 0.1) is 10.7 Å². The van der Waals surface area contributed by atoms with E-state index >= 15 is 0 Å². The number of halogens is 2. The highest BCUT2D eigenvalue weighted by Gasteiger charge is 2.32. The van der Waals surface area contributed by atoms with E-state index in [0.717, 1.165) is 6.42 Å². The van der Waals surface area contributed by atoms with Crippen molar-refractivity contribution in [3.63, 3.8) is 0 Å². The van der Waals surface area contributed by atoms with Crippen molar-refractivity contribution in [2.45, 2.75) is 18.1 Å². The summed E-state index contributed by atoms with van der Waals surface area (Å²) in [5.74, 6) is -0.537. The third-order valence-electron chi connectivity index (χ3n) is 3.11. The lowest BCUT2D eigenvalue weighted by Crippen LogP contribution is -2.28. The van der Waals surface area contributed by atoms with Crippen molar-refractivity contribution in [2.24, 2.45) is 4.99 Å². The number of hydrogen-bond acceptors (Lipinski definition) is 5. The molecule has 1 unspecified atom stereocenters. The predicted octanol–water partition coefficient (Wildman–Crippen LogP) is 2.95. The molecule has 2 N–H and O–H groups in total. The highest BCUT2D eigenvalue weighted by molar-refractivity contribution is 8.15. The van der Waals surface area contributed by atoms with Crippen LogP contribution in [0.5, 0.6) is 0 Å². The smallest absolute Gasteiger partial charge is 0.240 e. The number of carbonyl (C=O) groups is 2. The molecule has 24 heavy (non-hydrogen) atoms. The number of nitrogens with one attached hydrogen (secondary N) is 2. The van der Waals surface area contributed by atoms with Gasteiger partial charge in [0.15, 0.2) is 5.17 Å². The average Bonchev–Trinajstić information content (AvgIpc) is 2.87. The number of thioether (sulfide) groups is 1. The summed E-state index contributed by atoms with van der Waals surface area (Å²) in [6, 6.07) is 4.79. The molecule has 0 bridgehead atoms. The van der Waals surface area contributed by atoms with Crippen LogP contribution in [0.1, 0.15) is 12.8 Å². The largest absolute Gasteiger partial charge is 0.385 e. The fraction of sp³-hybridized carbons (Fsp3) is 0.400. The molecule has 1 fully saturated rings. The Morgan fingerprint density at radius 2 is 2.25 bits per heavy atom. The van der Waals surface area contributed by atoms with Gasteiger partial charge in [0, 0.05) is 31.7 Å². The van der Waals surface area contributed by atoms with Crippen molar-refractivity contribution >= 4 is 57.6 Å². The van der Waals surface area contributed by atoms with Gasteiger partial charge >= 0.3 is 0 Å². The van der Waals surface area contributed by atoms with Crippen LogP contribution in [0.4, 0.5) is 5.69 Å². The zero-order chi connectivity index (χ0) is 17.5. The second-order valence-electron chi connectivity index (χ2n) is 5.01. The minimum absolute atomic E-state index is 0.0242. The summed E-state index contributed by atoms with van der Waals surface area (Å²) in [5, 5.41) is 6.22. The summed E-state index contributed by atoms with van der Waals surface area (Å²) < 4.78 is 4.94. The Balaban J connectivity index is 1.87. The van der Waals surface area contributed by atoms with Crippen molar-refractivity contribution in [2.75, 3.05) is 25.6 Å². The Morgan fingerprint density at radius 1 is 1.46 bits per heavy atom. The lowest BCUT2D eigenvalue weighted by atomic mass is 10.2. The molecule has 2 rings (SSSR count). The number of amidine groups is 1. The maximum Gasteiger partial charge on any atom is 0.240 e. The standard InChI is InChI=1S/C15H17Cl2N3O3S/c1-23-6-2-5-18-15-20-14(22)12(24-15)8-13(21)19-11-7-9(16)3-4-10(11)17/h3-4,7,12H,2,5-6,8H2,1H3,(H,19,21)(H,18,20,22). The fourth-order valence-electron chi connectivity index (χ4n) is 1.97. The molecule has 1 aliphatic rings. The fourth-order valence-corrected chi connectivity index (χ4v) is 3.30. The molecule has 0 spiro atoms. The molecule has 0 saturated carbocycles. The second kappa shape index (κ2) is 9.27. The number of rotatable bonds is 7. The third-order valence-corrected chi connectivity index (χ3v) is 4.80. The molecule has 0 aliphatic carbocycles. The van der Waals surface area contributed by atoms with E-state index in [9.17, 15) is 9.59 Å². The highest BCUT2D eigenvalue weighted by Crippen LogP contribution is 2.27. The van der Waals surface area contributed by atoms with E-state index in [1.54, 1.807) is 25.3 Å². The number of aliphatic imine (C=N–C) groups is 1. The molecule has 1 heterocycles. The Labute approximate surface area is 154 Å². The van der Waals surface area contributed by atoms with Crippen LogP contribution in [0.2, 0.25) is 10.0 Å². The normalized spacial score (nSPS) is 18.7. The molecule has 0 radical (unpaired) electrons. The predicted molar refractivity (Wildman–Crippen MR) is 98.0 cm³/mol. The molecule has 2 amide bonds. The summed E-state index contributed by atoms with van der Waals surface area (Å²) in [6.45, 7) is 1.18. The van der Waals surface area contributed by atoms with Crippen LogP contribution < -0.4 is 10.6 Å². The van der Waals surface area contributed by atoms with E-state index < -0.39 is 5.25 Å². The van der Waals surface area contributed by atoms with Gasteiger partial charge in [0.25, 0.3) is 0 Å². The zero-order valence-corrected chi connectivity index (χ0v) is 15.3. The number of amides is 2. The number of benzene rings is 1.